The van der Waals surface area contributed by atoms with Gasteiger partial charge in [-0.2, -0.15) is 5.10 Å². The van der Waals surface area contributed by atoms with Crippen LogP contribution in [-0.4, -0.2) is 26.9 Å². The van der Waals surface area contributed by atoms with Gasteiger partial charge in [-0.15, -0.1) is 0 Å². The number of hydrogen-bond donors (Lipinski definition) is 2. The Bertz CT molecular complexity index is 342. The van der Waals surface area contributed by atoms with Gasteiger partial charge in [0, 0.05) is 12.3 Å². The summed E-state index contributed by atoms with van der Waals surface area (Å²) in [5, 5.41) is 15.4. The second kappa shape index (κ2) is 2.37. The lowest BCUT2D eigenvalue weighted by molar-refractivity contribution is -0.136. The van der Waals surface area contributed by atoms with E-state index in [1.807, 2.05) is 0 Å². The molecule has 0 fully saturated rings. The lowest BCUT2D eigenvalue weighted by Crippen LogP contribution is -2.30. The van der Waals surface area contributed by atoms with Gasteiger partial charge in [-0.25, -0.2) is 9.48 Å². The van der Waals surface area contributed by atoms with Gasteiger partial charge in [0.2, 0.25) is 0 Å². The van der Waals surface area contributed by atoms with Crippen LogP contribution in [-0.2, 0) is 4.79 Å². The van der Waals surface area contributed by atoms with Crippen LogP contribution >= 0.6 is 0 Å². The monoisotopic (exact) mass is 165 g/mol. The van der Waals surface area contributed by atoms with E-state index in [-0.39, 0.29) is 0 Å². The first-order valence-electron chi connectivity index (χ1n) is 3.48. The molecule has 0 saturated heterocycles. The fraction of sp³-hybridized carbons (Fsp3) is 0.143. The minimum absolute atomic E-state index is 0.644. The average molecular weight is 165 g/mol. The van der Waals surface area contributed by atoms with Gasteiger partial charge >= 0.3 is 5.97 Å². The lowest BCUT2D eigenvalue weighted by atomic mass is 10.2. The Labute approximate surface area is 68.3 Å². The molecular weight excluding hydrogens is 158 g/mol. The summed E-state index contributed by atoms with van der Waals surface area (Å²) in [5.74, 6) is -0.191. The van der Waals surface area contributed by atoms with E-state index in [0.717, 1.165) is 0 Å². The maximum atomic E-state index is 10.5. The molecule has 0 saturated carbocycles. The molecule has 1 aliphatic heterocycles. The molecule has 0 aromatic carbocycles. The molecule has 0 bridgehead atoms. The minimum atomic E-state index is -0.890. The van der Waals surface area contributed by atoms with E-state index in [0.29, 0.717) is 5.82 Å². The van der Waals surface area contributed by atoms with Gasteiger partial charge in [0.1, 0.15) is 11.9 Å². The molecule has 62 valence electrons. The number of rotatable bonds is 1. The zero-order valence-corrected chi connectivity index (χ0v) is 6.14. The number of aromatic nitrogens is 2. The summed E-state index contributed by atoms with van der Waals surface area (Å²) < 4.78 is 1.58. The topological polar surface area (TPSA) is 67.1 Å². The SMILES string of the molecule is O=C(O)C1C=Cn2nccc2N1. The second-order valence-electron chi connectivity index (χ2n) is 2.46. The number of aliphatic carboxylic acids is 1. The van der Waals surface area contributed by atoms with Crippen LogP contribution in [0.4, 0.5) is 5.82 Å². The smallest absolute Gasteiger partial charge is 0.330 e. The number of hydrogen-bond acceptors (Lipinski definition) is 3. The highest BCUT2D eigenvalue weighted by molar-refractivity contribution is 5.81. The maximum absolute atomic E-state index is 10.5. The molecular formula is C7H7N3O2. The number of carboxylic acid groups (broad SMARTS) is 1. The number of carbonyl (C=O) groups is 1. The normalized spacial score (nSPS) is 19.8. The van der Waals surface area contributed by atoms with Gasteiger partial charge in [0.15, 0.2) is 0 Å². The average Bonchev–Trinajstić information content (AvgIpc) is 2.49. The third kappa shape index (κ3) is 0.952. The molecule has 1 unspecified atom stereocenters. The van der Waals surface area contributed by atoms with E-state index in [4.69, 9.17) is 5.11 Å². The third-order valence-corrected chi connectivity index (χ3v) is 1.66. The molecule has 1 aromatic heterocycles. The van der Waals surface area contributed by atoms with E-state index in [1.165, 1.54) is 0 Å². The lowest BCUT2D eigenvalue weighted by Gasteiger charge is -2.16. The van der Waals surface area contributed by atoms with E-state index < -0.39 is 12.0 Å². The molecule has 5 heteroatoms. The Morgan fingerprint density at radius 3 is 3.33 bits per heavy atom. The summed E-state index contributed by atoms with van der Waals surface area (Å²) >= 11 is 0. The zero-order valence-electron chi connectivity index (χ0n) is 6.14. The molecule has 12 heavy (non-hydrogen) atoms. The van der Waals surface area contributed by atoms with E-state index in [1.54, 1.807) is 29.2 Å². The first-order chi connectivity index (χ1) is 5.77. The van der Waals surface area contributed by atoms with E-state index >= 15 is 0 Å². The second-order valence-corrected chi connectivity index (χ2v) is 2.46. The van der Waals surface area contributed by atoms with Gasteiger partial charge in [0.05, 0.1) is 6.20 Å². The molecule has 1 aliphatic rings. The standard InChI is InChI=1S/C7H7N3O2/c11-7(12)5-2-4-10-6(9-5)1-3-8-10/h1-5,9H,(H,11,12). The van der Waals surface area contributed by atoms with Gasteiger partial charge in [-0.3, -0.25) is 0 Å². The number of fused-ring (bicyclic) bond motifs is 1. The van der Waals surface area contributed by atoms with Crippen LogP contribution in [0.3, 0.4) is 0 Å². The van der Waals surface area contributed by atoms with Crippen molar-refractivity contribution in [2.45, 2.75) is 6.04 Å². The summed E-state index contributed by atoms with van der Waals surface area (Å²) in [6.45, 7) is 0. The summed E-state index contributed by atoms with van der Waals surface area (Å²) in [6, 6.07) is 1.08. The molecule has 2 N–H and O–H groups in total. The first-order valence-corrected chi connectivity index (χ1v) is 3.48. The van der Waals surface area contributed by atoms with Crippen LogP contribution in [0.5, 0.6) is 0 Å². The molecule has 2 rings (SSSR count). The molecule has 5 nitrogen and oxygen atoms in total. The highest BCUT2D eigenvalue weighted by atomic mass is 16.4. The highest BCUT2D eigenvalue weighted by Gasteiger charge is 2.18. The zero-order chi connectivity index (χ0) is 8.55. The van der Waals surface area contributed by atoms with Crippen LogP contribution in [0.2, 0.25) is 0 Å². The van der Waals surface area contributed by atoms with Crippen molar-refractivity contribution in [2.24, 2.45) is 0 Å². The van der Waals surface area contributed by atoms with Crippen molar-refractivity contribution in [1.82, 2.24) is 9.78 Å². The van der Waals surface area contributed by atoms with Crippen molar-refractivity contribution in [1.29, 1.82) is 0 Å². The molecule has 2 heterocycles. The van der Waals surface area contributed by atoms with Crippen molar-refractivity contribution >= 4 is 18.0 Å². The Hall–Kier alpha value is -1.78. The van der Waals surface area contributed by atoms with Crippen LogP contribution < -0.4 is 5.32 Å². The Balaban J connectivity index is 2.30. The fourth-order valence-electron chi connectivity index (χ4n) is 1.07. The van der Waals surface area contributed by atoms with Crippen LogP contribution in [0, 0.1) is 0 Å². The van der Waals surface area contributed by atoms with Crippen LogP contribution in [0.1, 0.15) is 0 Å². The molecule has 0 spiro atoms. The Morgan fingerprint density at radius 2 is 2.58 bits per heavy atom. The van der Waals surface area contributed by atoms with Gasteiger partial charge in [-0.1, -0.05) is 0 Å². The predicted molar refractivity (Wildman–Crippen MR) is 42.6 cm³/mol. The van der Waals surface area contributed by atoms with E-state index in [9.17, 15) is 4.79 Å². The highest BCUT2D eigenvalue weighted by Crippen LogP contribution is 2.13. The van der Waals surface area contributed by atoms with Crippen molar-refractivity contribution in [3.63, 3.8) is 0 Å². The number of anilines is 1. The summed E-state index contributed by atoms with van der Waals surface area (Å²) in [7, 11) is 0. The quantitative estimate of drug-likeness (QED) is 0.625. The summed E-state index contributed by atoms with van der Waals surface area (Å²) in [6.07, 6.45) is 4.78. The molecule has 0 amide bonds. The Kier molecular flexibility index (Phi) is 1.36. The molecule has 1 aromatic rings. The van der Waals surface area contributed by atoms with Gasteiger partial charge < -0.3 is 10.4 Å². The molecule has 0 aliphatic carbocycles. The molecule has 0 radical (unpaired) electrons. The predicted octanol–water partition coefficient (Wildman–Crippen LogP) is 0.232. The summed E-state index contributed by atoms with van der Waals surface area (Å²) in [5.41, 5.74) is 0. The van der Waals surface area contributed by atoms with E-state index in [2.05, 4.69) is 10.4 Å². The largest absolute Gasteiger partial charge is 0.479 e. The van der Waals surface area contributed by atoms with Crippen molar-refractivity contribution < 1.29 is 9.90 Å². The minimum Gasteiger partial charge on any atom is -0.479 e. The molecule has 1 atom stereocenters. The first kappa shape index (κ1) is 6.90. The van der Waals surface area contributed by atoms with Gasteiger partial charge in [-0.05, 0) is 6.08 Å². The fourth-order valence-corrected chi connectivity index (χ4v) is 1.07. The van der Waals surface area contributed by atoms with Crippen LogP contribution in [0.25, 0.3) is 6.20 Å². The Morgan fingerprint density at radius 1 is 1.75 bits per heavy atom. The third-order valence-electron chi connectivity index (χ3n) is 1.66. The van der Waals surface area contributed by atoms with Crippen molar-refractivity contribution in [2.75, 3.05) is 5.32 Å². The van der Waals surface area contributed by atoms with Crippen LogP contribution in [0.15, 0.2) is 18.3 Å². The number of nitrogens with one attached hydrogen (secondary N) is 1. The number of nitrogens with zero attached hydrogens (tertiary/aromatic N) is 2. The van der Waals surface area contributed by atoms with Crippen molar-refractivity contribution in [3.05, 3.63) is 18.3 Å². The van der Waals surface area contributed by atoms with Crippen molar-refractivity contribution in [3.8, 4) is 0 Å². The summed E-state index contributed by atoms with van der Waals surface area (Å²) in [4.78, 5) is 10.5. The number of carboxylic acids is 1. The maximum Gasteiger partial charge on any atom is 0.330 e. The van der Waals surface area contributed by atoms with Gasteiger partial charge in [0.25, 0.3) is 0 Å².